The van der Waals surface area contributed by atoms with E-state index in [0.717, 1.165) is 6.07 Å². The number of carbonyl (C=O) groups excluding carboxylic acids is 1. The second kappa shape index (κ2) is 10.6. The molecule has 1 aromatic carbocycles. The SMILES string of the molecule is NC(=O)c1ccc(SCc2nc3nc(N4CCC(Oc5ccccc5C(F)(F)F)CC4)sc3c(=O)[nH]2)nc1. The molecular weight excluding hydrogens is 541 g/mol. The van der Waals surface area contributed by atoms with Gasteiger partial charge < -0.3 is 20.4 Å². The Morgan fingerprint density at radius 1 is 1.18 bits per heavy atom. The van der Waals surface area contributed by atoms with Gasteiger partial charge in [-0.15, -0.1) is 0 Å². The van der Waals surface area contributed by atoms with Crippen LogP contribution in [0.15, 0.2) is 52.4 Å². The number of halogens is 3. The number of alkyl halides is 3. The smallest absolute Gasteiger partial charge is 0.419 e. The van der Waals surface area contributed by atoms with Crippen molar-refractivity contribution in [3.63, 3.8) is 0 Å². The summed E-state index contributed by atoms with van der Waals surface area (Å²) >= 11 is 2.56. The molecule has 1 aliphatic heterocycles. The third kappa shape index (κ3) is 5.75. The molecule has 198 valence electrons. The lowest BCUT2D eigenvalue weighted by atomic mass is 10.1. The van der Waals surface area contributed by atoms with Crippen molar-refractivity contribution in [3.05, 3.63) is 69.9 Å². The van der Waals surface area contributed by atoms with Gasteiger partial charge >= 0.3 is 6.18 Å². The Morgan fingerprint density at radius 3 is 2.63 bits per heavy atom. The highest BCUT2D eigenvalue weighted by Gasteiger charge is 2.35. The van der Waals surface area contributed by atoms with E-state index in [1.54, 1.807) is 12.1 Å². The Labute approximate surface area is 222 Å². The van der Waals surface area contributed by atoms with Crippen LogP contribution in [0.3, 0.4) is 0 Å². The van der Waals surface area contributed by atoms with Crippen molar-refractivity contribution >= 4 is 44.5 Å². The van der Waals surface area contributed by atoms with Crippen LogP contribution in [0, 0.1) is 0 Å². The average Bonchev–Trinajstić information content (AvgIpc) is 3.33. The standard InChI is InChI=1S/C24H21F3N6O3S2/c25-24(26,27)15-3-1-2-4-16(15)36-14-7-9-33(10-8-14)23-32-21-19(38-23)22(35)31-17(30-21)12-37-18-6-5-13(11-29-18)20(28)34/h1-6,11,14H,7-10,12H2,(H2,28,34)(H,30,31,35). The maximum absolute atomic E-state index is 13.3. The molecule has 0 atom stereocenters. The molecule has 0 aliphatic carbocycles. The highest BCUT2D eigenvalue weighted by Crippen LogP contribution is 2.37. The summed E-state index contributed by atoms with van der Waals surface area (Å²) in [5, 5.41) is 1.26. The predicted molar refractivity (Wildman–Crippen MR) is 138 cm³/mol. The maximum Gasteiger partial charge on any atom is 0.419 e. The first-order valence-electron chi connectivity index (χ1n) is 11.5. The van der Waals surface area contributed by atoms with Gasteiger partial charge in [-0.25, -0.2) is 9.97 Å². The molecule has 3 aromatic heterocycles. The molecule has 0 spiro atoms. The van der Waals surface area contributed by atoms with E-state index in [2.05, 4.69) is 19.9 Å². The number of anilines is 1. The molecule has 1 amide bonds. The van der Waals surface area contributed by atoms with Crippen molar-refractivity contribution in [2.75, 3.05) is 18.0 Å². The van der Waals surface area contributed by atoms with E-state index in [1.165, 1.54) is 47.5 Å². The summed E-state index contributed by atoms with van der Waals surface area (Å²) in [5.74, 6) is 0.0378. The lowest BCUT2D eigenvalue weighted by molar-refractivity contribution is -0.139. The Morgan fingerprint density at radius 2 is 1.95 bits per heavy atom. The zero-order valence-corrected chi connectivity index (χ0v) is 21.3. The van der Waals surface area contributed by atoms with E-state index in [-0.39, 0.29) is 17.4 Å². The summed E-state index contributed by atoms with van der Waals surface area (Å²) in [7, 11) is 0. The van der Waals surface area contributed by atoms with Crippen LogP contribution < -0.4 is 20.9 Å². The number of rotatable bonds is 7. The summed E-state index contributed by atoms with van der Waals surface area (Å²) < 4.78 is 45.9. The minimum absolute atomic E-state index is 0.168. The summed E-state index contributed by atoms with van der Waals surface area (Å²) in [5.41, 5.74) is 4.78. The zero-order chi connectivity index (χ0) is 26.9. The van der Waals surface area contributed by atoms with Crippen molar-refractivity contribution in [1.29, 1.82) is 0 Å². The number of hydrogen-bond donors (Lipinski definition) is 2. The Kier molecular flexibility index (Phi) is 7.25. The fourth-order valence-corrected chi connectivity index (χ4v) is 5.64. The number of pyridine rings is 1. The minimum Gasteiger partial charge on any atom is -0.490 e. The number of thioether (sulfide) groups is 1. The monoisotopic (exact) mass is 562 g/mol. The molecule has 0 saturated carbocycles. The van der Waals surface area contributed by atoms with Crippen LogP contribution in [-0.4, -0.2) is 45.0 Å². The van der Waals surface area contributed by atoms with Gasteiger partial charge in [-0.1, -0.05) is 35.2 Å². The van der Waals surface area contributed by atoms with Crippen LogP contribution >= 0.6 is 23.1 Å². The van der Waals surface area contributed by atoms with Gasteiger partial charge in [0.2, 0.25) is 5.91 Å². The molecule has 9 nitrogen and oxygen atoms in total. The van der Waals surface area contributed by atoms with E-state index in [0.29, 0.717) is 63.6 Å². The molecule has 5 rings (SSSR count). The van der Waals surface area contributed by atoms with Gasteiger partial charge in [-0.05, 0) is 24.3 Å². The number of nitrogens with one attached hydrogen (secondary N) is 1. The number of carbonyl (C=O) groups is 1. The van der Waals surface area contributed by atoms with E-state index in [4.69, 9.17) is 10.5 Å². The second-order valence-electron chi connectivity index (χ2n) is 8.50. The summed E-state index contributed by atoms with van der Waals surface area (Å²) in [6.45, 7) is 1.04. The number of nitrogens with zero attached hydrogens (tertiary/aromatic N) is 4. The highest BCUT2D eigenvalue weighted by molar-refractivity contribution is 7.98. The molecule has 0 unspecified atom stereocenters. The third-order valence-electron chi connectivity index (χ3n) is 5.88. The van der Waals surface area contributed by atoms with Gasteiger partial charge in [0.1, 0.15) is 22.4 Å². The van der Waals surface area contributed by atoms with Crippen LogP contribution in [0.4, 0.5) is 18.3 Å². The number of H-pyrrole nitrogens is 1. The predicted octanol–water partition coefficient (Wildman–Crippen LogP) is 4.23. The molecule has 1 aliphatic rings. The number of amides is 1. The summed E-state index contributed by atoms with van der Waals surface area (Å²) in [4.78, 5) is 41.8. The van der Waals surface area contributed by atoms with Crippen molar-refractivity contribution in [3.8, 4) is 5.75 Å². The molecule has 0 bridgehead atoms. The number of primary amides is 1. The minimum atomic E-state index is -4.48. The fourth-order valence-electron chi connectivity index (χ4n) is 3.97. The van der Waals surface area contributed by atoms with Gasteiger partial charge in [-0.2, -0.15) is 18.2 Å². The van der Waals surface area contributed by atoms with Gasteiger partial charge in [0.25, 0.3) is 5.56 Å². The third-order valence-corrected chi connectivity index (χ3v) is 7.94. The first kappa shape index (κ1) is 26.0. The molecule has 0 radical (unpaired) electrons. The topological polar surface area (TPSA) is 127 Å². The van der Waals surface area contributed by atoms with Crippen LogP contribution in [0.1, 0.15) is 34.6 Å². The highest BCUT2D eigenvalue weighted by atomic mass is 32.2. The zero-order valence-electron chi connectivity index (χ0n) is 19.7. The normalized spacial score (nSPS) is 14.7. The number of piperidine rings is 1. The van der Waals surface area contributed by atoms with Crippen LogP contribution in [0.25, 0.3) is 10.3 Å². The Balaban J connectivity index is 1.23. The number of ether oxygens (including phenoxy) is 1. The van der Waals surface area contributed by atoms with Crippen molar-refractivity contribution in [2.24, 2.45) is 5.73 Å². The summed E-state index contributed by atoms with van der Waals surface area (Å²) in [6, 6.07) is 8.45. The van der Waals surface area contributed by atoms with Gasteiger partial charge in [0.05, 0.1) is 21.9 Å². The lowest BCUT2D eigenvalue weighted by Gasteiger charge is -2.32. The molecular formula is C24H21F3N6O3S2. The number of para-hydroxylation sites is 1. The van der Waals surface area contributed by atoms with Gasteiger partial charge in [-0.3, -0.25) is 9.59 Å². The van der Waals surface area contributed by atoms with Crippen molar-refractivity contribution in [1.82, 2.24) is 19.9 Å². The number of aromatic nitrogens is 4. The first-order chi connectivity index (χ1) is 18.2. The molecule has 14 heteroatoms. The number of benzene rings is 1. The van der Waals surface area contributed by atoms with E-state index in [1.807, 2.05) is 4.90 Å². The molecule has 1 fully saturated rings. The number of hydrogen-bond acceptors (Lipinski definition) is 9. The van der Waals surface area contributed by atoms with E-state index < -0.39 is 17.6 Å². The molecule has 4 heterocycles. The lowest BCUT2D eigenvalue weighted by Crippen LogP contribution is -2.38. The second-order valence-corrected chi connectivity index (χ2v) is 10.5. The number of nitrogens with two attached hydrogens (primary N) is 1. The number of thiazole rings is 1. The van der Waals surface area contributed by atoms with Crippen molar-refractivity contribution in [2.45, 2.75) is 35.9 Å². The van der Waals surface area contributed by atoms with Crippen molar-refractivity contribution < 1.29 is 22.7 Å². The van der Waals surface area contributed by atoms with E-state index >= 15 is 0 Å². The molecule has 38 heavy (non-hydrogen) atoms. The van der Waals surface area contributed by atoms with E-state index in [9.17, 15) is 22.8 Å². The van der Waals surface area contributed by atoms with Gasteiger partial charge in [0.15, 0.2) is 10.8 Å². The number of fused-ring (bicyclic) bond motifs is 1. The Bertz CT molecular complexity index is 1520. The number of aromatic amines is 1. The first-order valence-corrected chi connectivity index (χ1v) is 13.3. The molecule has 1 saturated heterocycles. The fraction of sp³-hybridized carbons (Fsp3) is 0.292. The largest absolute Gasteiger partial charge is 0.490 e. The maximum atomic E-state index is 13.3. The molecule has 4 aromatic rings. The summed E-state index contributed by atoms with van der Waals surface area (Å²) in [6.07, 6.45) is -2.44. The van der Waals surface area contributed by atoms with Crippen LogP contribution in [0.2, 0.25) is 0 Å². The van der Waals surface area contributed by atoms with Crippen LogP contribution in [-0.2, 0) is 11.9 Å². The average molecular weight is 563 g/mol. The quantitative estimate of drug-likeness (QED) is 0.321. The molecule has 3 N–H and O–H groups in total. The van der Waals surface area contributed by atoms with Gasteiger partial charge in [0, 0.05) is 32.1 Å². The van der Waals surface area contributed by atoms with Crippen LogP contribution in [0.5, 0.6) is 5.75 Å². The Hall–Kier alpha value is -3.65.